The average molecular weight is 308 g/mol. The monoisotopic (exact) mass is 308 g/mol. The molecule has 1 aromatic heterocycles. The molecule has 0 spiro atoms. The number of thioether (sulfide) groups is 1. The summed E-state index contributed by atoms with van der Waals surface area (Å²) in [6.45, 7) is 1.48. The predicted octanol–water partition coefficient (Wildman–Crippen LogP) is 4.49. The molecular weight excluding hydrogens is 292 g/mol. The molecule has 22 heavy (non-hydrogen) atoms. The largest absolute Gasteiger partial charge is 0.311 e. The second-order valence-electron chi connectivity index (χ2n) is 5.01. The molecule has 3 nitrogen and oxygen atoms in total. The van der Waals surface area contributed by atoms with E-state index in [-0.39, 0.29) is 5.91 Å². The SMILES string of the molecule is CC(=O)Nc1ccc2cc(CSc3ccccc3)ccc2n1. The van der Waals surface area contributed by atoms with Crippen LogP contribution in [0.5, 0.6) is 0 Å². The Morgan fingerprint density at radius 3 is 2.68 bits per heavy atom. The number of anilines is 1. The van der Waals surface area contributed by atoms with Gasteiger partial charge in [-0.25, -0.2) is 4.98 Å². The van der Waals surface area contributed by atoms with E-state index in [4.69, 9.17) is 0 Å². The van der Waals surface area contributed by atoms with Gasteiger partial charge in [-0.1, -0.05) is 24.3 Å². The fraction of sp³-hybridized carbons (Fsp3) is 0.111. The first kappa shape index (κ1) is 14.6. The van der Waals surface area contributed by atoms with Gasteiger partial charge in [0.2, 0.25) is 5.91 Å². The van der Waals surface area contributed by atoms with Gasteiger partial charge in [0.1, 0.15) is 5.82 Å². The van der Waals surface area contributed by atoms with E-state index in [1.165, 1.54) is 17.4 Å². The van der Waals surface area contributed by atoms with Crippen molar-refractivity contribution in [2.24, 2.45) is 0 Å². The minimum Gasteiger partial charge on any atom is -0.311 e. The zero-order valence-corrected chi connectivity index (χ0v) is 13.1. The lowest BCUT2D eigenvalue weighted by Gasteiger charge is -2.06. The first-order valence-corrected chi connectivity index (χ1v) is 8.04. The van der Waals surface area contributed by atoms with Gasteiger partial charge in [-0.3, -0.25) is 4.79 Å². The number of hydrogen-bond acceptors (Lipinski definition) is 3. The van der Waals surface area contributed by atoms with Crippen molar-refractivity contribution in [2.45, 2.75) is 17.6 Å². The van der Waals surface area contributed by atoms with Crippen LogP contribution >= 0.6 is 11.8 Å². The number of rotatable bonds is 4. The highest BCUT2D eigenvalue weighted by Gasteiger charge is 2.02. The molecule has 0 saturated heterocycles. The molecule has 0 aliphatic heterocycles. The normalized spacial score (nSPS) is 10.6. The van der Waals surface area contributed by atoms with E-state index in [0.717, 1.165) is 16.7 Å². The molecule has 0 bridgehead atoms. The van der Waals surface area contributed by atoms with Crippen LogP contribution in [0.25, 0.3) is 10.9 Å². The average Bonchev–Trinajstić information content (AvgIpc) is 2.53. The number of aromatic nitrogens is 1. The maximum Gasteiger partial charge on any atom is 0.222 e. The molecule has 0 atom stereocenters. The summed E-state index contributed by atoms with van der Waals surface area (Å²) in [5, 5.41) is 3.79. The van der Waals surface area contributed by atoms with Crippen molar-refractivity contribution in [1.29, 1.82) is 0 Å². The van der Waals surface area contributed by atoms with E-state index >= 15 is 0 Å². The molecule has 0 saturated carbocycles. The molecule has 0 aliphatic carbocycles. The fourth-order valence-corrected chi connectivity index (χ4v) is 3.06. The molecule has 0 radical (unpaired) electrons. The van der Waals surface area contributed by atoms with Crippen molar-refractivity contribution in [1.82, 2.24) is 4.98 Å². The second kappa shape index (κ2) is 6.62. The molecule has 0 aliphatic rings. The molecular formula is C18H16N2OS. The Balaban J connectivity index is 1.77. The van der Waals surface area contributed by atoms with Crippen LogP contribution in [0.2, 0.25) is 0 Å². The van der Waals surface area contributed by atoms with Crippen LogP contribution in [0.3, 0.4) is 0 Å². The summed E-state index contributed by atoms with van der Waals surface area (Å²) in [7, 11) is 0. The van der Waals surface area contributed by atoms with Gasteiger partial charge in [-0.15, -0.1) is 11.8 Å². The van der Waals surface area contributed by atoms with Crippen LogP contribution in [0, 0.1) is 0 Å². The molecule has 3 rings (SSSR count). The molecule has 1 N–H and O–H groups in total. The van der Waals surface area contributed by atoms with Crippen molar-refractivity contribution in [3.05, 3.63) is 66.2 Å². The Morgan fingerprint density at radius 1 is 1.09 bits per heavy atom. The van der Waals surface area contributed by atoms with Crippen molar-refractivity contribution in [2.75, 3.05) is 5.32 Å². The third kappa shape index (κ3) is 3.65. The van der Waals surface area contributed by atoms with Crippen LogP contribution in [-0.2, 0) is 10.5 Å². The van der Waals surface area contributed by atoms with Gasteiger partial charge < -0.3 is 5.32 Å². The van der Waals surface area contributed by atoms with Gasteiger partial charge in [0.15, 0.2) is 0 Å². The summed E-state index contributed by atoms with van der Waals surface area (Å²) in [6, 6.07) is 20.4. The fourth-order valence-electron chi connectivity index (χ4n) is 2.20. The molecule has 2 aromatic carbocycles. The Morgan fingerprint density at radius 2 is 1.91 bits per heavy atom. The van der Waals surface area contributed by atoms with E-state index in [2.05, 4.69) is 46.7 Å². The molecule has 3 aromatic rings. The van der Waals surface area contributed by atoms with Gasteiger partial charge in [0.05, 0.1) is 5.52 Å². The topological polar surface area (TPSA) is 42.0 Å². The van der Waals surface area contributed by atoms with E-state index in [9.17, 15) is 4.79 Å². The van der Waals surface area contributed by atoms with Gasteiger partial charge in [0.25, 0.3) is 0 Å². The predicted molar refractivity (Wildman–Crippen MR) is 92.0 cm³/mol. The third-order valence-electron chi connectivity index (χ3n) is 3.21. The zero-order valence-electron chi connectivity index (χ0n) is 12.2. The smallest absolute Gasteiger partial charge is 0.222 e. The van der Waals surface area contributed by atoms with Crippen molar-refractivity contribution >= 4 is 34.4 Å². The summed E-state index contributed by atoms with van der Waals surface area (Å²) in [6.07, 6.45) is 0. The minimum atomic E-state index is -0.109. The lowest BCUT2D eigenvalue weighted by atomic mass is 10.1. The number of amides is 1. The Kier molecular flexibility index (Phi) is 4.39. The third-order valence-corrected chi connectivity index (χ3v) is 4.29. The highest BCUT2D eigenvalue weighted by atomic mass is 32.2. The van der Waals surface area contributed by atoms with Crippen LogP contribution in [0.4, 0.5) is 5.82 Å². The molecule has 4 heteroatoms. The Bertz CT molecular complexity index is 803. The second-order valence-corrected chi connectivity index (χ2v) is 6.06. The van der Waals surface area contributed by atoms with Crippen molar-refractivity contribution in [3.8, 4) is 0 Å². The van der Waals surface area contributed by atoms with Crippen molar-refractivity contribution < 1.29 is 4.79 Å². The summed E-state index contributed by atoms with van der Waals surface area (Å²) in [4.78, 5) is 16.8. The quantitative estimate of drug-likeness (QED) is 0.722. The molecule has 1 amide bonds. The van der Waals surface area contributed by atoms with Gasteiger partial charge >= 0.3 is 0 Å². The lowest BCUT2D eigenvalue weighted by molar-refractivity contribution is -0.114. The Hall–Kier alpha value is -2.33. The van der Waals surface area contributed by atoms with E-state index < -0.39 is 0 Å². The zero-order chi connectivity index (χ0) is 15.4. The number of carbonyl (C=O) groups is 1. The number of benzene rings is 2. The molecule has 0 unspecified atom stereocenters. The highest BCUT2D eigenvalue weighted by Crippen LogP contribution is 2.24. The van der Waals surface area contributed by atoms with E-state index in [1.54, 1.807) is 0 Å². The van der Waals surface area contributed by atoms with Crippen LogP contribution in [-0.4, -0.2) is 10.9 Å². The molecule has 1 heterocycles. The van der Waals surface area contributed by atoms with Crippen LogP contribution < -0.4 is 5.32 Å². The van der Waals surface area contributed by atoms with E-state index in [0.29, 0.717) is 5.82 Å². The van der Waals surface area contributed by atoms with E-state index in [1.807, 2.05) is 36.0 Å². The van der Waals surface area contributed by atoms with Crippen molar-refractivity contribution in [3.63, 3.8) is 0 Å². The first-order valence-electron chi connectivity index (χ1n) is 7.06. The Labute approximate surface area is 133 Å². The van der Waals surface area contributed by atoms with Gasteiger partial charge in [0, 0.05) is 23.0 Å². The first-order chi connectivity index (χ1) is 10.7. The number of fused-ring (bicyclic) bond motifs is 1. The number of nitrogens with zero attached hydrogens (tertiary/aromatic N) is 1. The number of hydrogen-bond donors (Lipinski definition) is 1. The summed E-state index contributed by atoms with van der Waals surface area (Å²) >= 11 is 1.82. The van der Waals surface area contributed by atoms with Crippen LogP contribution in [0.15, 0.2) is 65.6 Å². The minimum absolute atomic E-state index is 0.109. The van der Waals surface area contributed by atoms with Gasteiger partial charge in [-0.05, 0) is 42.0 Å². The lowest BCUT2D eigenvalue weighted by Crippen LogP contribution is -2.07. The number of pyridine rings is 1. The summed E-state index contributed by atoms with van der Waals surface area (Å²) in [5.74, 6) is 1.40. The molecule has 110 valence electrons. The number of nitrogens with one attached hydrogen (secondary N) is 1. The standard InChI is InChI=1S/C18H16N2OS/c1-13(21)19-18-10-8-15-11-14(7-9-17(15)20-18)12-22-16-5-3-2-4-6-16/h2-11H,12H2,1H3,(H,19,20,21). The maximum atomic E-state index is 11.1. The number of carbonyl (C=O) groups excluding carboxylic acids is 1. The molecule has 0 fully saturated rings. The maximum absolute atomic E-state index is 11.1. The summed E-state index contributed by atoms with van der Waals surface area (Å²) < 4.78 is 0. The van der Waals surface area contributed by atoms with Gasteiger partial charge in [-0.2, -0.15) is 0 Å². The summed E-state index contributed by atoms with van der Waals surface area (Å²) in [5.41, 5.74) is 2.15. The highest BCUT2D eigenvalue weighted by molar-refractivity contribution is 7.98. The van der Waals surface area contributed by atoms with Crippen LogP contribution in [0.1, 0.15) is 12.5 Å².